The van der Waals surface area contributed by atoms with Crippen LogP contribution in [0.15, 0.2) is 113 Å². The van der Waals surface area contributed by atoms with Crippen molar-refractivity contribution in [1.29, 1.82) is 0 Å². The maximum atomic E-state index is 12.8. The molecule has 1 amide bonds. The zero-order chi connectivity index (χ0) is 23.3. The Balaban J connectivity index is 1.34. The number of nitrogens with zero attached hydrogens (tertiary/aromatic N) is 3. The Kier molecular flexibility index (Phi) is 5.90. The Morgan fingerprint density at radius 2 is 1.62 bits per heavy atom. The van der Waals surface area contributed by atoms with Crippen LogP contribution in [0, 0.1) is 0 Å². The van der Waals surface area contributed by atoms with Gasteiger partial charge in [-0.05, 0) is 30.3 Å². The van der Waals surface area contributed by atoms with Crippen LogP contribution in [0.1, 0.15) is 21.9 Å². The van der Waals surface area contributed by atoms with E-state index in [2.05, 4.69) is 5.32 Å². The van der Waals surface area contributed by atoms with Gasteiger partial charge in [-0.15, -0.1) is 0 Å². The lowest BCUT2D eigenvalue weighted by Crippen LogP contribution is -2.22. The number of hydrogen-bond donors (Lipinski definition) is 1. The van der Waals surface area contributed by atoms with Crippen LogP contribution in [0.4, 0.5) is 0 Å². The highest BCUT2D eigenvalue weighted by atomic mass is 16.4. The van der Waals surface area contributed by atoms with Gasteiger partial charge in [0, 0.05) is 36.1 Å². The average molecular weight is 450 g/mol. The maximum absolute atomic E-state index is 12.8. The van der Waals surface area contributed by atoms with E-state index in [4.69, 9.17) is 9.52 Å². The fraction of sp³-hybridized carbons (Fsp3) is 0.0741. The van der Waals surface area contributed by atoms with Crippen LogP contribution in [-0.2, 0) is 13.1 Å². The fourth-order valence-corrected chi connectivity index (χ4v) is 3.70. The molecule has 5 aromatic rings. The molecule has 168 valence electrons. The summed E-state index contributed by atoms with van der Waals surface area (Å²) in [6.07, 6.45) is 3.60. The van der Waals surface area contributed by atoms with Gasteiger partial charge in [0.25, 0.3) is 11.5 Å². The number of carbonyl (C=O) groups excluding carboxylic acids is 1. The Bertz CT molecular complexity index is 1470. The molecular formula is C27H22N4O3. The highest BCUT2D eigenvalue weighted by Gasteiger charge is 2.16. The summed E-state index contributed by atoms with van der Waals surface area (Å²) in [7, 11) is 0. The van der Waals surface area contributed by atoms with Gasteiger partial charge < -0.3 is 14.3 Å². The monoisotopic (exact) mass is 450 g/mol. The number of hydrogen-bond acceptors (Lipinski definition) is 4. The van der Waals surface area contributed by atoms with Gasteiger partial charge in [0.1, 0.15) is 5.76 Å². The minimum absolute atomic E-state index is 0.131. The van der Waals surface area contributed by atoms with E-state index in [1.807, 2.05) is 71.5 Å². The van der Waals surface area contributed by atoms with Gasteiger partial charge in [-0.3, -0.25) is 9.59 Å². The third kappa shape index (κ3) is 4.59. The molecule has 3 heterocycles. The second-order valence-electron chi connectivity index (χ2n) is 7.76. The van der Waals surface area contributed by atoms with Crippen molar-refractivity contribution in [1.82, 2.24) is 19.7 Å². The summed E-state index contributed by atoms with van der Waals surface area (Å²) in [5.41, 5.74) is 3.45. The Labute approximate surface area is 195 Å². The zero-order valence-electron chi connectivity index (χ0n) is 18.3. The molecule has 7 heteroatoms. The first-order valence-electron chi connectivity index (χ1n) is 10.9. The van der Waals surface area contributed by atoms with Gasteiger partial charge in [0.05, 0.1) is 17.9 Å². The minimum atomic E-state index is -0.335. The molecule has 0 spiro atoms. The predicted octanol–water partition coefficient (Wildman–Crippen LogP) is 4.27. The van der Waals surface area contributed by atoms with Gasteiger partial charge in [0.2, 0.25) is 0 Å². The van der Waals surface area contributed by atoms with E-state index in [0.717, 1.165) is 22.5 Å². The second kappa shape index (κ2) is 9.46. The maximum Gasteiger partial charge on any atom is 0.287 e. The lowest BCUT2D eigenvalue weighted by molar-refractivity contribution is 0.0921. The molecule has 7 nitrogen and oxygen atoms in total. The molecule has 0 radical (unpaired) electrons. The topological polar surface area (TPSA) is 82.1 Å². The largest absolute Gasteiger partial charge is 0.454 e. The minimum Gasteiger partial charge on any atom is -0.454 e. The molecule has 0 fully saturated rings. The number of carbonyl (C=O) groups is 1. The average Bonchev–Trinajstić information content (AvgIpc) is 3.53. The first kappa shape index (κ1) is 21.2. The van der Waals surface area contributed by atoms with Gasteiger partial charge >= 0.3 is 0 Å². The Hall–Kier alpha value is -4.65. The number of furan rings is 1. The normalized spacial score (nSPS) is 10.8. The number of aromatic nitrogens is 3. The molecule has 2 aromatic carbocycles. The first-order valence-corrected chi connectivity index (χ1v) is 10.9. The van der Waals surface area contributed by atoms with Gasteiger partial charge in [-0.2, -0.15) is 5.10 Å². The Morgan fingerprint density at radius 3 is 2.38 bits per heavy atom. The number of para-hydroxylation sites is 1. The molecule has 0 saturated carbocycles. The zero-order valence-corrected chi connectivity index (χ0v) is 18.3. The second-order valence-corrected chi connectivity index (χ2v) is 7.76. The van der Waals surface area contributed by atoms with Gasteiger partial charge in [-0.1, -0.05) is 54.6 Å². The van der Waals surface area contributed by atoms with E-state index in [1.165, 1.54) is 10.6 Å². The van der Waals surface area contributed by atoms with Gasteiger partial charge in [0.15, 0.2) is 5.76 Å². The third-order valence-corrected chi connectivity index (χ3v) is 5.41. The van der Waals surface area contributed by atoms with Crippen LogP contribution >= 0.6 is 0 Å². The summed E-state index contributed by atoms with van der Waals surface area (Å²) >= 11 is 0. The highest BCUT2D eigenvalue weighted by molar-refractivity contribution is 5.91. The summed E-state index contributed by atoms with van der Waals surface area (Å²) < 4.78 is 9.02. The van der Waals surface area contributed by atoms with Crippen LogP contribution in [-0.4, -0.2) is 20.3 Å². The molecule has 0 bridgehead atoms. The summed E-state index contributed by atoms with van der Waals surface area (Å²) in [6, 6.07) is 28.0. The van der Waals surface area contributed by atoms with E-state index >= 15 is 0 Å². The summed E-state index contributed by atoms with van der Waals surface area (Å²) in [4.78, 5) is 24.7. The molecule has 5 rings (SSSR count). The van der Waals surface area contributed by atoms with E-state index in [0.29, 0.717) is 5.76 Å². The molecule has 34 heavy (non-hydrogen) atoms. The van der Waals surface area contributed by atoms with Crippen LogP contribution in [0.5, 0.6) is 0 Å². The molecule has 0 aliphatic heterocycles. The van der Waals surface area contributed by atoms with Crippen molar-refractivity contribution in [2.75, 3.05) is 0 Å². The van der Waals surface area contributed by atoms with Crippen molar-refractivity contribution in [3.8, 4) is 16.9 Å². The van der Waals surface area contributed by atoms with E-state index in [-0.39, 0.29) is 30.3 Å². The number of amides is 1. The number of benzene rings is 2. The first-order chi connectivity index (χ1) is 16.7. The van der Waals surface area contributed by atoms with E-state index in [1.54, 1.807) is 30.5 Å². The summed E-state index contributed by atoms with van der Waals surface area (Å²) in [6.45, 7) is 0.541. The number of rotatable bonds is 7. The lowest BCUT2D eigenvalue weighted by Gasteiger charge is -2.05. The van der Waals surface area contributed by atoms with Crippen LogP contribution in [0.3, 0.4) is 0 Å². The van der Waals surface area contributed by atoms with E-state index in [9.17, 15) is 9.59 Å². The predicted molar refractivity (Wildman–Crippen MR) is 129 cm³/mol. The molecule has 0 atom stereocenters. The van der Waals surface area contributed by atoms with Crippen molar-refractivity contribution in [3.63, 3.8) is 0 Å². The van der Waals surface area contributed by atoms with E-state index < -0.39 is 0 Å². The number of nitrogens with one attached hydrogen (secondary N) is 1. The van der Waals surface area contributed by atoms with Crippen molar-refractivity contribution in [2.24, 2.45) is 0 Å². The van der Waals surface area contributed by atoms with Gasteiger partial charge in [-0.25, -0.2) is 4.68 Å². The molecule has 0 aliphatic rings. The molecule has 1 N–H and O–H groups in total. The van der Waals surface area contributed by atoms with Crippen molar-refractivity contribution >= 4 is 5.91 Å². The van der Waals surface area contributed by atoms with Crippen LogP contribution < -0.4 is 10.9 Å². The highest BCUT2D eigenvalue weighted by Crippen LogP contribution is 2.23. The molecule has 0 unspecified atom stereocenters. The van der Waals surface area contributed by atoms with Crippen molar-refractivity contribution < 1.29 is 9.21 Å². The Morgan fingerprint density at radius 1 is 0.882 bits per heavy atom. The van der Waals surface area contributed by atoms with Crippen LogP contribution in [0.2, 0.25) is 0 Å². The lowest BCUT2D eigenvalue weighted by atomic mass is 10.1. The molecule has 3 aromatic heterocycles. The standard InChI is InChI=1S/C27H22N4O3/c32-25-13-7-8-16-30(25)19-23-14-15-24(34-23)27(33)28-17-21-18-31(22-11-5-2-6-12-22)29-26(21)20-9-3-1-4-10-20/h1-16,18H,17,19H2,(H,28,33). The SMILES string of the molecule is O=C(NCc1cn(-c2ccccc2)nc1-c1ccccc1)c1ccc(Cn2ccccc2=O)o1. The summed E-state index contributed by atoms with van der Waals surface area (Å²) in [5.74, 6) is 0.383. The molecular weight excluding hydrogens is 428 g/mol. The third-order valence-electron chi connectivity index (χ3n) is 5.41. The van der Waals surface area contributed by atoms with Crippen molar-refractivity contribution in [2.45, 2.75) is 13.1 Å². The number of pyridine rings is 1. The smallest absolute Gasteiger partial charge is 0.287 e. The fourth-order valence-electron chi connectivity index (χ4n) is 3.70. The van der Waals surface area contributed by atoms with Crippen molar-refractivity contribution in [3.05, 3.63) is 131 Å². The van der Waals surface area contributed by atoms with Crippen LogP contribution in [0.25, 0.3) is 16.9 Å². The molecule has 0 aliphatic carbocycles. The molecule has 0 saturated heterocycles. The quantitative estimate of drug-likeness (QED) is 0.401. The summed E-state index contributed by atoms with van der Waals surface area (Å²) in [5, 5.41) is 7.69.